The third-order valence-corrected chi connectivity index (χ3v) is 3.36. The molecule has 1 unspecified atom stereocenters. The first-order valence-electron chi connectivity index (χ1n) is 6.39. The van der Waals surface area contributed by atoms with E-state index < -0.39 is 6.29 Å². The summed E-state index contributed by atoms with van der Waals surface area (Å²) in [5.41, 5.74) is 2.31. The number of rotatable bonds is 5. The number of hydrogen-bond acceptors (Lipinski definition) is 4. The molecule has 1 aromatic rings. The molecule has 5 nitrogen and oxygen atoms in total. The second-order valence-electron chi connectivity index (χ2n) is 4.59. The molecule has 0 aliphatic carbocycles. The molecule has 0 bridgehead atoms. The van der Waals surface area contributed by atoms with Crippen molar-refractivity contribution < 1.29 is 14.3 Å². The molecule has 0 aromatic heterocycles. The van der Waals surface area contributed by atoms with Crippen molar-refractivity contribution in [3.05, 3.63) is 29.8 Å². The van der Waals surface area contributed by atoms with Gasteiger partial charge in [0.2, 0.25) is 5.91 Å². The fourth-order valence-corrected chi connectivity index (χ4v) is 2.22. The van der Waals surface area contributed by atoms with Crippen molar-refractivity contribution in [2.24, 2.45) is 5.92 Å². The molecule has 19 heavy (non-hydrogen) atoms. The van der Waals surface area contributed by atoms with Gasteiger partial charge >= 0.3 is 0 Å². The van der Waals surface area contributed by atoms with E-state index in [9.17, 15) is 4.79 Å². The Labute approximate surface area is 113 Å². The van der Waals surface area contributed by atoms with Crippen LogP contribution < -0.4 is 10.6 Å². The molecule has 1 heterocycles. The molecule has 0 spiro atoms. The largest absolute Gasteiger partial charge is 0.384 e. The van der Waals surface area contributed by atoms with Gasteiger partial charge in [0.05, 0.1) is 12.5 Å². The van der Waals surface area contributed by atoms with Crippen LogP contribution in [0.3, 0.4) is 0 Å². The Morgan fingerprint density at radius 1 is 1.42 bits per heavy atom. The number of ether oxygens (including phenoxy) is 2. The van der Waals surface area contributed by atoms with Gasteiger partial charge in [0, 0.05) is 26.5 Å². The molecule has 0 saturated heterocycles. The van der Waals surface area contributed by atoms with Crippen LogP contribution in [0.2, 0.25) is 0 Å². The highest BCUT2D eigenvalue weighted by atomic mass is 16.7. The van der Waals surface area contributed by atoms with Crippen molar-refractivity contribution in [1.82, 2.24) is 5.32 Å². The monoisotopic (exact) mass is 264 g/mol. The van der Waals surface area contributed by atoms with Crippen LogP contribution >= 0.6 is 0 Å². The first-order valence-corrected chi connectivity index (χ1v) is 6.39. The summed E-state index contributed by atoms with van der Waals surface area (Å²) in [7, 11) is 3.11. The summed E-state index contributed by atoms with van der Waals surface area (Å²) >= 11 is 0. The minimum Gasteiger partial charge on any atom is -0.384 e. The van der Waals surface area contributed by atoms with Crippen molar-refractivity contribution in [2.75, 3.05) is 32.6 Å². The Bertz CT molecular complexity index is 432. The standard InChI is InChI=1S/C14H20N2O3/c1-18-13(19-2)9-16-14(17)11-7-10-5-3-4-6-12(10)15-8-11/h3-6,11,13,15H,7-9H2,1-2H3,(H,16,17). The normalized spacial score (nSPS) is 17.7. The van der Waals surface area contributed by atoms with E-state index >= 15 is 0 Å². The van der Waals surface area contributed by atoms with Gasteiger partial charge < -0.3 is 20.1 Å². The van der Waals surface area contributed by atoms with Crippen molar-refractivity contribution in [3.8, 4) is 0 Å². The number of methoxy groups -OCH3 is 2. The van der Waals surface area contributed by atoms with Gasteiger partial charge in [-0.05, 0) is 18.1 Å². The third kappa shape index (κ3) is 3.45. The van der Waals surface area contributed by atoms with Crippen LogP contribution in [0.4, 0.5) is 5.69 Å². The lowest BCUT2D eigenvalue weighted by Crippen LogP contribution is -2.41. The van der Waals surface area contributed by atoms with E-state index in [0.29, 0.717) is 13.1 Å². The first-order chi connectivity index (χ1) is 9.24. The Balaban J connectivity index is 1.88. The summed E-state index contributed by atoms with van der Waals surface area (Å²) in [6.07, 6.45) is 0.368. The SMILES string of the molecule is COC(CNC(=O)C1CNc2ccccc2C1)OC. The predicted molar refractivity (Wildman–Crippen MR) is 72.9 cm³/mol. The van der Waals surface area contributed by atoms with Crippen LogP contribution in [-0.2, 0) is 20.7 Å². The second kappa shape index (κ2) is 6.54. The zero-order valence-corrected chi connectivity index (χ0v) is 11.3. The molecule has 0 saturated carbocycles. The Morgan fingerprint density at radius 3 is 2.89 bits per heavy atom. The fourth-order valence-electron chi connectivity index (χ4n) is 2.22. The van der Waals surface area contributed by atoms with Gasteiger partial charge in [0.1, 0.15) is 0 Å². The highest BCUT2D eigenvalue weighted by molar-refractivity contribution is 5.80. The summed E-state index contributed by atoms with van der Waals surface area (Å²) in [6.45, 7) is 1.03. The summed E-state index contributed by atoms with van der Waals surface area (Å²) in [5.74, 6) is -0.0228. The van der Waals surface area contributed by atoms with Gasteiger partial charge in [-0.25, -0.2) is 0 Å². The highest BCUT2D eigenvalue weighted by Crippen LogP contribution is 2.24. The van der Waals surface area contributed by atoms with Crippen LogP contribution in [0.15, 0.2) is 24.3 Å². The first kappa shape index (κ1) is 13.8. The topological polar surface area (TPSA) is 59.6 Å². The van der Waals surface area contributed by atoms with Gasteiger partial charge in [0.25, 0.3) is 0 Å². The number of hydrogen-bond donors (Lipinski definition) is 2. The Morgan fingerprint density at radius 2 is 2.16 bits per heavy atom. The number of amides is 1. The average molecular weight is 264 g/mol. The van der Waals surface area contributed by atoms with Crippen molar-refractivity contribution >= 4 is 11.6 Å². The molecular formula is C14H20N2O3. The molecule has 104 valence electrons. The molecule has 1 atom stereocenters. The molecule has 1 amide bonds. The van der Waals surface area contributed by atoms with E-state index in [4.69, 9.17) is 9.47 Å². The smallest absolute Gasteiger partial charge is 0.225 e. The summed E-state index contributed by atoms with van der Waals surface area (Å²) in [5, 5.41) is 6.14. The van der Waals surface area contributed by atoms with Gasteiger partial charge in [-0.15, -0.1) is 0 Å². The van der Waals surface area contributed by atoms with E-state index in [1.165, 1.54) is 5.56 Å². The number of carbonyl (C=O) groups excluding carboxylic acids is 1. The van der Waals surface area contributed by atoms with Crippen molar-refractivity contribution in [3.63, 3.8) is 0 Å². The number of anilines is 1. The zero-order chi connectivity index (χ0) is 13.7. The van der Waals surface area contributed by atoms with E-state index in [0.717, 1.165) is 12.1 Å². The molecule has 1 aliphatic heterocycles. The number of para-hydroxylation sites is 1. The van der Waals surface area contributed by atoms with Gasteiger partial charge in [-0.3, -0.25) is 4.79 Å². The van der Waals surface area contributed by atoms with Gasteiger partial charge in [-0.1, -0.05) is 18.2 Å². The maximum Gasteiger partial charge on any atom is 0.225 e. The van der Waals surface area contributed by atoms with E-state index in [1.54, 1.807) is 14.2 Å². The number of nitrogens with one attached hydrogen (secondary N) is 2. The number of fused-ring (bicyclic) bond motifs is 1. The molecule has 1 aliphatic rings. The molecule has 5 heteroatoms. The molecular weight excluding hydrogens is 244 g/mol. The van der Waals surface area contributed by atoms with E-state index in [1.807, 2.05) is 18.2 Å². The fraction of sp³-hybridized carbons (Fsp3) is 0.500. The molecule has 2 rings (SSSR count). The summed E-state index contributed by atoms with van der Waals surface area (Å²) < 4.78 is 10.1. The van der Waals surface area contributed by atoms with E-state index in [-0.39, 0.29) is 11.8 Å². The van der Waals surface area contributed by atoms with Gasteiger partial charge in [-0.2, -0.15) is 0 Å². The lowest BCUT2D eigenvalue weighted by atomic mass is 9.93. The molecule has 1 aromatic carbocycles. The van der Waals surface area contributed by atoms with E-state index in [2.05, 4.69) is 16.7 Å². The number of benzene rings is 1. The predicted octanol–water partition coefficient (Wildman–Crippen LogP) is 1.01. The summed E-state index contributed by atoms with van der Waals surface area (Å²) in [6, 6.07) is 8.07. The van der Waals surface area contributed by atoms with Crippen molar-refractivity contribution in [2.45, 2.75) is 12.7 Å². The Hall–Kier alpha value is -1.59. The van der Waals surface area contributed by atoms with Crippen LogP contribution in [0.1, 0.15) is 5.56 Å². The molecule has 2 N–H and O–H groups in total. The van der Waals surface area contributed by atoms with Gasteiger partial charge in [0.15, 0.2) is 6.29 Å². The molecule has 0 radical (unpaired) electrons. The maximum atomic E-state index is 12.1. The van der Waals surface area contributed by atoms with Crippen molar-refractivity contribution in [1.29, 1.82) is 0 Å². The number of carbonyl (C=O) groups is 1. The second-order valence-corrected chi connectivity index (χ2v) is 4.59. The lowest BCUT2D eigenvalue weighted by Gasteiger charge is -2.26. The quantitative estimate of drug-likeness (QED) is 0.779. The summed E-state index contributed by atoms with van der Waals surface area (Å²) in [4.78, 5) is 12.1. The minimum absolute atomic E-state index is 0.0288. The average Bonchev–Trinajstić information content (AvgIpc) is 2.47. The minimum atomic E-state index is -0.396. The zero-order valence-electron chi connectivity index (χ0n) is 11.3. The van der Waals surface area contributed by atoms with Crippen LogP contribution in [0.5, 0.6) is 0 Å². The van der Waals surface area contributed by atoms with Crippen LogP contribution in [0.25, 0.3) is 0 Å². The van der Waals surface area contributed by atoms with Crippen LogP contribution in [-0.4, -0.2) is 39.5 Å². The lowest BCUT2D eigenvalue weighted by molar-refractivity contribution is -0.130. The Kier molecular flexibility index (Phi) is 4.76. The highest BCUT2D eigenvalue weighted by Gasteiger charge is 2.24. The maximum absolute atomic E-state index is 12.1. The van der Waals surface area contributed by atoms with Crippen LogP contribution in [0, 0.1) is 5.92 Å². The third-order valence-electron chi connectivity index (χ3n) is 3.36. The molecule has 0 fully saturated rings.